The van der Waals surface area contributed by atoms with Gasteiger partial charge in [0.05, 0.1) is 32.5 Å². The Balaban J connectivity index is 1.52. The Bertz CT molecular complexity index is 1030. The van der Waals surface area contributed by atoms with Gasteiger partial charge < -0.3 is 23.7 Å². The van der Waals surface area contributed by atoms with Crippen molar-refractivity contribution in [3.63, 3.8) is 0 Å². The van der Waals surface area contributed by atoms with E-state index in [2.05, 4.69) is 53.8 Å². The third kappa shape index (κ3) is 16.8. The minimum atomic E-state index is -0.573. The van der Waals surface area contributed by atoms with Gasteiger partial charge in [-0.1, -0.05) is 155 Å². The summed E-state index contributed by atoms with van der Waals surface area (Å²) in [5, 5.41) is 0. The number of methoxy groups -OCH3 is 1. The van der Waals surface area contributed by atoms with E-state index in [0.717, 1.165) is 35.0 Å². The molecule has 1 aliphatic heterocycles. The van der Waals surface area contributed by atoms with E-state index in [1.807, 2.05) is 30.3 Å². The highest BCUT2D eigenvalue weighted by atomic mass is 127. The van der Waals surface area contributed by atoms with Crippen LogP contribution in [0.15, 0.2) is 54.6 Å². The van der Waals surface area contributed by atoms with Crippen molar-refractivity contribution in [1.82, 2.24) is 0 Å². The molecule has 7 heteroatoms. The molecule has 1 aliphatic rings. The fourth-order valence-corrected chi connectivity index (χ4v) is 6.67. The molecule has 1 saturated heterocycles. The third-order valence-corrected chi connectivity index (χ3v) is 9.86. The summed E-state index contributed by atoms with van der Waals surface area (Å²) in [6.45, 7) is 3.34. The van der Waals surface area contributed by atoms with Crippen molar-refractivity contribution in [2.24, 2.45) is 0 Å². The molecule has 0 radical (unpaired) electrons. The lowest BCUT2D eigenvalue weighted by atomic mass is 9.97. The molecular formula is C39H59IO6. The van der Waals surface area contributed by atoms with Crippen LogP contribution in [-0.4, -0.2) is 42.1 Å². The predicted molar refractivity (Wildman–Crippen MR) is 195 cm³/mol. The Morgan fingerprint density at radius 3 is 1.85 bits per heavy atom. The fraction of sp³-hybridized carbons (Fsp3) is 0.667. The molecule has 3 rings (SSSR count). The number of ether oxygens (including phenoxy) is 5. The summed E-state index contributed by atoms with van der Waals surface area (Å²) in [5.41, 5.74) is 2.26. The molecule has 0 N–H and O–H groups in total. The number of halogens is 1. The van der Waals surface area contributed by atoms with E-state index in [0.29, 0.717) is 26.1 Å². The van der Waals surface area contributed by atoms with Crippen LogP contribution < -0.4 is 4.74 Å². The smallest absolute Gasteiger partial charge is 0.497 e. The van der Waals surface area contributed by atoms with Crippen LogP contribution in [0.3, 0.4) is 0 Å². The van der Waals surface area contributed by atoms with Gasteiger partial charge in [0.25, 0.3) is 0 Å². The molecule has 6 nitrogen and oxygen atoms in total. The molecule has 2 aromatic rings. The van der Waals surface area contributed by atoms with Gasteiger partial charge in [-0.3, -0.25) is 0 Å². The molecule has 0 spiro atoms. The molecule has 0 aromatic heterocycles. The number of hydrogen-bond acceptors (Lipinski definition) is 6. The Morgan fingerprint density at radius 2 is 1.26 bits per heavy atom. The fourth-order valence-electron chi connectivity index (χ4n) is 6.13. The van der Waals surface area contributed by atoms with E-state index in [1.165, 1.54) is 82.6 Å². The zero-order chi connectivity index (χ0) is 32.7. The van der Waals surface area contributed by atoms with E-state index in [9.17, 15) is 4.79 Å². The normalized spacial score (nSPS) is 17.7. The third-order valence-electron chi connectivity index (χ3n) is 8.88. The van der Waals surface area contributed by atoms with Crippen LogP contribution in [0.5, 0.6) is 5.75 Å². The number of unbranched alkanes of at least 4 members (excludes halogenated alkanes) is 12. The lowest BCUT2D eigenvalue weighted by Gasteiger charge is -2.32. The summed E-state index contributed by atoms with van der Waals surface area (Å²) in [5.74, 6) is 0.825. The largest absolute Gasteiger partial charge is 0.508 e. The van der Waals surface area contributed by atoms with Gasteiger partial charge in [-0.05, 0) is 36.1 Å². The maximum Gasteiger partial charge on any atom is 0.508 e. The summed E-state index contributed by atoms with van der Waals surface area (Å²) in [6.07, 6.45) is 19.5. The molecule has 2 aromatic carbocycles. The zero-order valence-electron chi connectivity index (χ0n) is 28.5. The van der Waals surface area contributed by atoms with Gasteiger partial charge in [0.1, 0.15) is 18.0 Å². The molecule has 0 aliphatic carbocycles. The average Bonchev–Trinajstić information content (AvgIpc) is 3.08. The van der Waals surface area contributed by atoms with Gasteiger partial charge >= 0.3 is 6.16 Å². The highest BCUT2D eigenvalue weighted by Crippen LogP contribution is 2.26. The van der Waals surface area contributed by atoms with Gasteiger partial charge in [0, 0.05) is 17.3 Å². The van der Waals surface area contributed by atoms with Crippen molar-refractivity contribution in [3.05, 3.63) is 65.7 Å². The zero-order valence-corrected chi connectivity index (χ0v) is 30.6. The molecule has 0 unspecified atom stereocenters. The van der Waals surface area contributed by atoms with E-state index >= 15 is 0 Å². The Kier molecular flexibility index (Phi) is 20.4. The minimum absolute atomic E-state index is 0.0599. The highest BCUT2D eigenvalue weighted by Gasteiger charge is 2.32. The second-order valence-corrected chi connectivity index (χ2v) is 13.7. The summed E-state index contributed by atoms with van der Waals surface area (Å²) < 4.78 is 30.2. The number of hydrogen-bond donors (Lipinski definition) is 0. The molecule has 0 amide bonds. The molecule has 4 atom stereocenters. The van der Waals surface area contributed by atoms with Gasteiger partial charge in [0.15, 0.2) is 0 Å². The molecule has 0 saturated carbocycles. The predicted octanol–water partition coefficient (Wildman–Crippen LogP) is 11.2. The lowest BCUT2D eigenvalue weighted by molar-refractivity contribution is -0.0859. The number of benzene rings is 2. The van der Waals surface area contributed by atoms with Crippen LogP contribution in [-0.2, 0) is 32.2 Å². The lowest BCUT2D eigenvalue weighted by Crippen LogP contribution is -2.38. The van der Waals surface area contributed by atoms with Gasteiger partial charge in [-0.25, -0.2) is 4.79 Å². The first-order valence-corrected chi connectivity index (χ1v) is 19.4. The van der Waals surface area contributed by atoms with Crippen molar-refractivity contribution in [1.29, 1.82) is 0 Å². The quantitative estimate of drug-likeness (QED) is 0.0413. The van der Waals surface area contributed by atoms with Crippen molar-refractivity contribution >= 4 is 28.7 Å². The first kappa shape index (κ1) is 38.6. The van der Waals surface area contributed by atoms with E-state index in [4.69, 9.17) is 23.7 Å². The maximum atomic E-state index is 12.2. The van der Waals surface area contributed by atoms with Gasteiger partial charge in [-0.2, -0.15) is 0 Å². The SMILES string of the molecule is CCCCCCCCCCCCCCC[C@H](C[C@@H](C[C@H]1C[C@@H](CI)OC(=O)O1)OCc1ccc(OC)cc1)OCc1ccccc1. The van der Waals surface area contributed by atoms with Crippen LogP contribution in [0, 0.1) is 0 Å². The van der Waals surface area contributed by atoms with Crippen molar-refractivity contribution in [2.75, 3.05) is 11.5 Å². The van der Waals surface area contributed by atoms with Crippen LogP contribution in [0.4, 0.5) is 4.79 Å². The van der Waals surface area contributed by atoms with Crippen LogP contribution in [0.1, 0.15) is 127 Å². The van der Waals surface area contributed by atoms with Gasteiger partial charge in [0.2, 0.25) is 0 Å². The number of carbonyl (C=O) groups is 1. The van der Waals surface area contributed by atoms with Crippen LogP contribution in [0.2, 0.25) is 0 Å². The van der Waals surface area contributed by atoms with Crippen molar-refractivity contribution in [3.8, 4) is 5.75 Å². The standard InChI is InChI=1S/C39H59IO6/c1-3-4-5-6-7-8-9-10-11-12-13-14-18-21-35(43-30-32-19-16-15-17-20-32)26-36(27-37-28-38(29-40)46-39(41)45-37)44-31-33-22-24-34(42-2)25-23-33/h15-17,19-20,22-25,35-38H,3-14,18,21,26-31H2,1-2H3/t35-,36+,37+,38+/m1/s1. The van der Waals surface area contributed by atoms with Crippen molar-refractivity contribution < 1.29 is 28.5 Å². The summed E-state index contributed by atoms with van der Waals surface area (Å²) in [6, 6.07) is 18.4. The summed E-state index contributed by atoms with van der Waals surface area (Å²) in [4.78, 5) is 12.2. The highest BCUT2D eigenvalue weighted by molar-refractivity contribution is 14.1. The number of carbonyl (C=O) groups excluding carboxylic acids is 1. The summed E-state index contributed by atoms with van der Waals surface area (Å²) >= 11 is 2.27. The molecule has 1 heterocycles. The Hall–Kier alpha value is -1.84. The topological polar surface area (TPSA) is 63.2 Å². The Morgan fingerprint density at radius 1 is 0.717 bits per heavy atom. The van der Waals surface area contributed by atoms with Crippen LogP contribution >= 0.6 is 22.6 Å². The molecular weight excluding hydrogens is 691 g/mol. The monoisotopic (exact) mass is 750 g/mol. The Labute approximate surface area is 292 Å². The number of rotatable bonds is 26. The number of cyclic esters (lactones) is 2. The van der Waals surface area contributed by atoms with E-state index in [1.54, 1.807) is 7.11 Å². The molecule has 0 bridgehead atoms. The second kappa shape index (κ2) is 24.3. The van der Waals surface area contributed by atoms with Gasteiger partial charge in [-0.15, -0.1) is 0 Å². The van der Waals surface area contributed by atoms with Crippen molar-refractivity contribution in [2.45, 2.75) is 154 Å². The number of alkyl halides is 1. The van der Waals surface area contributed by atoms with Crippen LogP contribution in [0.25, 0.3) is 0 Å². The molecule has 1 fully saturated rings. The van der Waals surface area contributed by atoms with E-state index in [-0.39, 0.29) is 24.4 Å². The summed E-state index contributed by atoms with van der Waals surface area (Å²) in [7, 11) is 1.67. The minimum Gasteiger partial charge on any atom is -0.497 e. The first-order valence-electron chi connectivity index (χ1n) is 17.9. The second-order valence-electron chi connectivity index (χ2n) is 12.8. The van der Waals surface area contributed by atoms with E-state index < -0.39 is 6.16 Å². The maximum absolute atomic E-state index is 12.2. The average molecular weight is 751 g/mol. The molecule has 258 valence electrons. The first-order chi connectivity index (χ1) is 22.6. The molecule has 46 heavy (non-hydrogen) atoms.